The van der Waals surface area contributed by atoms with Crippen molar-refractivity contribution >= 4 is 5.95 Å². The van der Waals surface area contributed by atoms with Gasteiger partial charge in [0.25, 0.3) is 0 Å². The zero-order chi connectivity index (χ0) is 10.9. The molecule has 84 valence electrons. The van der Waals surface area contributed by atoms with Crippen LogP contribution in [0.1, 0.15) is 26.2 Å². The minimum Gasteiger partial charge on any atom is -0.396 e. The highest BCUT2D eigenvalue weighted by atomic mass is 16.3. The molecule has 0 aliphatic carbocycles. The molecule has 0 radical (unpaired) electrons. The number of anilines is 1. The first-order chi connectivity index (χ1) is 7.36. The van der Waals surface area contributed by atoms with Gasteiger partial charge in [-0.1, -0.05) is 13.3 Å². The Labute approximate surface area is 90.8 Å². The molecular formula is C11H19N3O. The molecule has 2 N–H and O–H groups in total. The molecule has 0 saturated carbocycles. The van der Waals surface area contributed by atoms with Crippen molar-refractivity contribution in [3.63, 3.8) is 0 Å². The van der Waals surface area contributed by atoms with E-state index in [1.54, 1.807) is 18.5 Å². The molecule has 1 rings (SSSR count). The third-order valence-electron chi connectivity index (χ3n) is 2.35. The summed E-state index contributed by atoms with van der Waals surface area (Å²) >= 11 is 0. The van der Waals surface area contributed by atoms with Crippen LogP contribution in [0.15, 0.2) is 18.5 Å². The van der Waals surface area contributed by atoms with E-state index in [1.807, 2.05) is 0 Å². The van der Waals surface area contributed by atoms with Gasteiger partial charge in [0, 0.05) is 25.5 Å². The molecule has 1 aromatic heterocycles. The van der Waals surface area contributed by atoms with Crippen molar-refractivity contribution in [1.29, 1.82) is 0 Å². The summed E-state index contributed by atoms with van der Waals surface area (Å²) in [4.78, 5) is 8.17. The molecule has 0 aromatic carbocycles. The van der Waals surface area contributed by atoms with E-state index in [4.69, 9.17) is 5.11 Å². The van der Waals surface area contributed by atoms with Crippen molar-refractivity contribution in [2.24, 2.45) is 5.92 Å². The average molecular weight is 209 g/mol. The van der Waals surface area contributed by atoms with Crippen LogP contribution in [-0.4, -0.2) is 28.2 Å². The van der Waals surface area contributed by atoms with E-state index in [2.05, 4.69) is 22.2 Å². The molecule has 0 bridgehead atoms. The lowest BCUT2D eigenvalue weighted by Gasteiger charge is -2.15. The molecule has 1 heterocycles. The van der Waals surface area contributed by atoms with E-state index < -0.39 is 0 Å². The van der Waals surface area contributed by atoms with Crippen LogP contribution in [0.25, 0.3) is 0 Å². The second-order valence-electron chi connectivity index (χ2n) is 3.62. The lowest BCUT2D eigenvalue weighted by atomic mass is 10.0. The van der Waals surface area contributed by atoms with Crippen LogP contribution in [-0.2, 0) is 0 Å². The van der Waals surface area contributed by atoms with Gasteiger partial charge in [-0.25, -0.2) is 9.97 Å². The van der Waals surface area contributed by atoms with Crippen molar-refractivity contribution in [2.75, 3.05) is 18.5 Å². The number of nitrogens with zero attached hydrogens (tertiary/aromatic N) is 2. The number of hydrogen-bond acceptors (Lipinski definition) is 4. The van der Waals surface area contributed by atoms with Crippen LogP contribution < -0.4 is 5.32 Å². The summed E-state index contributed by atoms with van der Waals surface area (Å²) in [6.07, 6.45) is 6.54. The van der Waals surface area contributed by atoms with Crippen LogP contribution in [0.2, 0.25) is 0 Å². The summed E-state index contributed by atoms with van der Waals surface area (Å²) in [7, 11) is 0. The number of hydrogen-bond donors (Lipinski definition) is 2. The Balaban J connectivity index is 2.33. The molecule has 0 aliphatic rings. The van der Waals surface area contributed by atoms with E-state index in [9.17, 15) is 0 Å². The Hall–Kier alpha value is -1.16. The topological polar surface area (TPSA) is 58.0 Å². The predicted molar refractivity (Wildman–Crippen MR) is 60.6 cm³/mol. The van der Waals surface area contributed by atoms with Gasteiger partial charge >= 0.3 is 0 Å². The van der Waals surface area contributed by atoms with Gasteiger partial charge in [0.1, 0.15) is 0 Å². The van der Waals surface area contributed by atoms with Gasteiger partial charge in [-0.15, -0.1) is 0 Å². The minimum absolute atomic E-state index is 0.252. The van der Waals surface area contributed by atoms with Gasteiger partial charge in [-0.3, -0.25) is 0 Å². The number of nitrogens with one attached hydrogen (secondary N) is 1. The SMILES string of the molecule is CCCC(CCO)CNc1ncccn1. The first-order valence-corrected chi connectivity index (χ1v) is 5.48. The Morgan fingerprint density at radius 3 is 2.67 bits per heavy atom. The maximum absolute atomic E-state index is 8.90. The van der Waals surface area contributed by atoms with Crippen molar-refractivity contribution < 1.29 is 5.11 Å². The molecule has 0 amide bonds. The Morgan fingerprint density at radius 1 is 1.33 bits per heavy atom. The molecule has 4 heteroatoms. The van der Waals surface area contributed by atoms with E-state index in [0.717, 1.165) is 25.8 Å². The summed E-state index contributed by atoms with van der Waals surface area (Å²) in [6.45, 7) is 3.24. The van der Waals surface area contributed by atoms with E-state index in [-0.39, 0.29) is 6.61 Å². The van der Waals surface area contributed by atoms with Gasteiger partial charge in [0.15, 0.2) is 0 Å². The van der Waals surface area contributed by atoms with Crippen LogP contribution >= 0.6 is 0 Å². The van der Waals surface area contributed by atoms with Crippen molar-refractivity contribution in [3.05, 3.63) is 18.5 Å². The molecule has 1 atom stereocenters. The van der Waals surface area contributed by atoms with Crippen LogP contribution in [0, 0.1) is 5.92 Å². The maximum Gasteiger partial charge on any atom is 0.222 e. The van der Waals surface area contributed by atoms with Gasteiger partial charge in [-0.05, 0) is 24.8 Å². The second-order valence-corrected chi connectivity index (χ2v) is 3.62. The largest absolute Gasteiger partial charge is 0.396 e. The van der Waals surface area contributed by atoms with Gasteiger partial charge in [0.2, 0.25) is 5.95 Å². The molecule has 1 aromatic rings. The normalized spacial score (nSPS) is 12.4. The maximum atomic E-state index is 8.90. The van der Waals surface area contributed by atoms with E-state index >= 15 is 0 Å². The average Bonchev–Trinajstić information content (AvgIpc) is 2.28. The smallest absolute Gasteiger partial charge is 0.222 e. The Morgan fingerprint density at radius 2 is 2.07 bits per heavy atom. The van der Waals surface area contributed by atoms with Crippen LogP contribution in [0.3, 0.4) is 0 Å². The predicted octanol–water partition coefficient (Wildman–Crippen LogP) is 1.69. The van der Waals surface area contributed by atoms with E-state index in [0.29, 0.717) is 11.9 Å². The van der Waals surface area contributed by atoms with Gasteiger partial charge in [-0.2, -0.15) is 0 Å². The highest BCUT2D eigenvalue weighted by Gasteiger charge is 2.07. The quantitative estimate of drug-likeness (QED) is 0.717. The first kappa shape index (κ1) is 11.9. The number of aliphatic hydroxyl groups is 1. The van der Waals surface area contributed by atoms with Gasteiger partial charge in [0.05, 0.1) is 0 Å². The highest BCUT2D eigenvalue weighted by molar-refractivity contribution is 5.21. The standard InChI is InChI=1S/C11H19N3O/c1-2-4-10(5-8-15)9-14-11-12-6-3-7-13-11/h3,6-7,10,15H,2,4-5,8-9H2,1H3,(H,12,13,14). The van der Waals surface area contributed by atoms with Crippen molar-refractivity contribution in [1.82, 2.24) is 9.97 Å². The molecular weight excluding hydrogens is 190 g/mol. The Kier molecular flexibility index (Phi) is 5.70. The van der Waals surface area contributed by atoms with Crippen molar-refractivity contribution in [2.45, 2.75) is 26.2 Å². The van der Waals surface area contributed by atoms with Crippen LogP contribution in [0.5, 0.6) is 0 Å². The van der Waals surface area contributed by atoms with Crippen LogP contribution in [0.4, 0.5) is 5.95 Å². The Bertz CT molecular complexity index is 247. The number of rotatable bonds is 7. The summed E-state index contributed by atoms with van der Waals surface area (Å²) < 4.78 is 0. The summed E-state index contributed by atoms with van der Waals surface area (Å²) in [5, 5.41) is 12.1. The third kappa shape index (κ3) is 4.74. The molecule has 0 saturated heterocycles. The molecule has 0 spiro atoms. The fourth-order valence-electron chi connectivity index (χ4n) is 1.57. The second kappa shape index (κ2) is 7.17. The zero-order valence-electron chi connectivity index (χ0n) is 9.19. The number of aliphatic hydroxyl groups excluding tert-OH is 1. The highest BCUT2D eigenvalue weighted by Crippen LogP contribution is 2.11. The third-order valence-corrected chi connectivity index (χ3v) is 2.35. The monoisotopic (exact) mass is 209 g/mol. The van der Waals surface area contributed by atoms with E-state index in [1.165, 1.54) is 0 Å². The molecule has 0 fully saturated rings. The molecule has 15 heavy (non-hydrogen) atoms. The minimum atomic E-state index is 0.252. The first-order valence-electron chi connectivity index (χ1n) is 5.48. The lowest BCUT2D eigenvalue weighted by Crippen LogP contribution is -2.16. The summed E-state index contributed by atoms with van der Waals surface area (Å²) in [5.74, 6) is 1.17. The summed E-state index contributed by atoms with van der Waals surface area (Å²) in [5.41, 5.74) is 0. The lowest BCUT2D eigenvalue weighted by molar-refractivity contribution is 0.255. The molecule has 1 unspecified atom stereocenters. The van der Waals surface area contributed by atoms with Gasteiger partial charge < -0.3 is 10.4 Å². The van der Waals surface area contributed by atoms with Crippen molar-refractivity contribution in [3.8, 4) is 0 Å². The fourth-order valence-corrected chi connectivity index (χ4v) is 1.57. The zero-order valence-corrected chi connectivity index (χ0v) is 9.19. The number of aromatic nitrogens is 2. The summed E-state index contributed by atoms with van der Waals surface area (Å²) in [6, 6.07) is 1.79. The fraction of sp³-hybridized carbons (Fsp3) is 0.636. The molecule has 0 aliphatic heterocycles. The molecule has 4 nitrogen and oxygen atoms in total.